The highest BCUT2D eigenvalue weighted by Crippen LogP contribution is 2.38. The fourth-order valence-electron chi connectivity index (χ4n) is 2.08. The van der Waals surface area contributed by atoms with Gasteiger partial charge in [-0.3, -0.25) is 4.68 Å². The van der Waals surface area contributed by atoms with Gasteiger partial charge in [-0.05, 0) is 23.6 Å². The van der Waals surface area contributed by atoms with Gasteiger partial charge in [0.25, 0.3) is 0 Å². The lowest BCUT2D eigenvalue weighted by molar-refractivity contribution is 0.585. The van der Waals surface area contributed by atoms with Crippen molar-refractivity contribution in [2.24, 2.45) is 7.05 Å². The number of nitrogens with two attached hydrogens (primary N) is 1. The first-order valence-electron chi connectivity index (χ1n) is 5.89. The molecule has 20 heavy (non-hydrogen) atoms. The van der Waals surface area contributed by atoms with Gasteiger partial charge in [-0.15, -0.1) is 11.3 Å². The highest BCUT2D eigenvalue weighted by molar-refractivity contribution is 7.13. The second-order valence-corrected chi connectivity index (χ2v) is 5.28. The van der Waals surface area contributed by atoms with Crippen molar-refractivity contribution < 1.29 is 8.78 Å². The zero-order valence-corrected chi connectivity index (χ0v) is 11.4. The van der Waals surface area contributed by atoms with E-state index in [1.807, 2.05) is 17.5 Å². The number of nitrogen functional groups attached to an aromatic ring is 1. The third-order valence-electron chi connectivity index (χ3n) is 3.05. The minimum Gasteiger partial charge on any atom is -0.383 e. The first kappa shape index (κ1) is 12.8. The van der Waals surface area contributed by atoms with Crippen LogP contribution in [-0.2, 0) is 7.05 Å². The lowest BCUT2D eigenvalue weighted by Gasteiger charge is -2.05. The average Bonchev–Trinajstić information content (AvgIpc) is 3.01. The van der Waals surface area contributed by atoms with E-state index < -0.39 is 11.6 Å². The maximum absolute atomic E-state index is 14.0. The molecule has 0 aliphatic carbocycles. The molecule has 102 valence electrons. The largest absolute Gasteiger partial charge is 0.383 e. The Morgan fingerprint density at radius 3 is 2.70 bits per heavy atom. The van der Waals surface area contributed by atoms with E-state index in [9.17, 15) is 8.78 Å². The zero-order chi connectivity index (χ0) is 14.3. The monoisotopic (exact) mass is 291 g/mol. The lowest BCUT2D eigenvalue weighted by Crippen LogP contribution is -1.98. The second kappa shape index (κ2) is 4.72. The Balaban J connectivity index is 2.28. The van der Waals surface area contributed by atoms with Crippen LogP contribution in [0.5, 0.6) is 0 Å². The van der Waals surface area contributed by atoms with Crippen molar-refractivity contribution in [3.8, 4) is 21.7 Å². The van der Waals surface area contributed by atoms with E-state index in [-0.39, 0.29) is 5.56 Å². The normalized spacial score (nSPS) is 10.9. The molecule has 2 aromatic heterocycles. The Morgan fingerprint density at radius 1 is 1.25 bits per heavy atom. The number of hydrogen-bond donors (Lipinski definition) is 1. The van der Waals surface area contributed by atoms with E-state index >= 15 is 0 Å². The summed E-state index contributed by atoms with van der Waals surface area (Å²) in [6.07, 6.45) is 0. The van der Waals surface area contributed by atoms with Crippen LogP contribution in [0.15, 0.2) is 35.7 Å². The van der Waals surface area contributed by atoms with E-state index in [1.54, 1.807) is 7.05 Å². The van der Waals surface area contributed by atoms with Gasteiger partial charge in [-0.1, -0.05) is 6.07 Å². The van der Waals surface area contributed by atoms with Crippen molar-refractivity contribution in [1.82, 2.24) is 9.78 Å². The van der Waals surface area contributed by atoms with Gasteiger partial charge in [0.1, 0.15) is 23.1 Å². The van der Waals surface area contributed by atoms with Crippen molar-refractivity contribution in [3.63, 3.8) is 0 Å². The standard InChI is InChI=1S/C14H11F2N3S/c1-19-14(17)12(9-5-4-8(15)7-10(9)16)13(18-19)11-3-2-6-20-11/h2-7H,17H2,1H3. The van der Waals surface area contributed by atoms with E-state index in [4.69, 9.17) is 5.73 Å². The predicted molar refractivity (Wildman–Crippen MR) is 76.3 cm³/mol. The van der Waals surface area contributed by atoms with E-state index in [1.165, 1.54) is 28.2 Å². The molecule has 2 N–H and O–H groups in total. The molecule has 3 rings (SSSR count). The molecule has 3 nitrogen and oxygen atoms in total. The van der Waals surface area contributed by atoms with E-state index in [0.717, 1.165) is 10.9 Å². The van der Waals surface area contributed by atoms with Crippen LogP contribution >= 0.6 is 11.3 Å². The number of rotatable bonds is 2. The smallest absolute Gasteiger partial charge is 0.134 e. The minimum atomic E-state index is -0.650. The molecular weight excluding hydrogens is 280 g/mol. The maximum Gasteiger partial charge on any atom is 0.134 e. The Morgan fingerprint density at radius 2 is 2.05 bits per heavy atom. The van der Waals surface area contributed by atoms with Crippen LogP contribution in [0.4, 0.5) is 14.6 Å². The summed E-state index contributed by atoms with van der Waals surface area (Å²) in [5.41, 5.74) is 7.34. The highest BCUT2D eigenvalue weighted by Gasteiger charge is 2.20. The van der Waals surface area contributed by atoms with Gasteiger partial charge in [-0.2, -0.15) is 5.10 Å². The van der Waals surface area contributed by atoms with Crippen molar-refractivity contribution in [2.45, 2.75) is 0 Å². The topological polar surface area (TPSA) is 43.8 Å². The maximum atomic E-state index is 14.0. The minimum absolute atomic E-state index is 0.250. The molecule has 0 atom stereocenters. The molecule has 0 aliphatic heterocycles. The molecule has 3 aromatic rings. The number of thiophene rings is 1. The quantitative estimate of drug-likeness (QED) is 0.782. The summed E-state index contributed by atoms with van der Waals surface area (Å²) in [5.74, 6) is -0.923. The fraction of sp³-hybridized carbons (Fsp3) is 0.0714. The number of halogens is 2. The average molecular weight is 291 g/mol. The summed E-state index contributed by atoms with van der Waals surface area (Å²) in [6.45, 7) is 0. The van der Waals surface area contributed by atoms with Gasteiger partial charge in [0.05, 0.1) is 10.4 Å². The second-order valence-electron chi connectivity index (χ2n) is 4.33. The molecule has 0 bridgehead atoms. The van der Waals surface area contributed by atoms with Gasteiger partial charge in [0.2, 0.25) is 0 Å². The molecule has 0 spiro atoms. The molecule has 0 saturated heterocycles. The number of aryl methyl sites for hydroxylation is 1. The van der Waals surface area contributed by atoms with Gasteiger partial charge in [0, 0.05) is 18.7 Å². The molecule has 0 amide bonds. The Bertz CT molecular complexity index is 763. The summed E-state index contributed by atoms with van der Waals surface area (Å²) in [4.78, 5) is 0.885. The lowest BCUT2D eigenvalue weighted by atomic mass is 10.0. The molecule has 0 saturated carbocycles. The summed E-state index contributed by atoms with van der Waals surface area (Å²) < 4.78 is 28.6. The van der Waals surface area contributed by atoms with Gasteiger partial charge in [-0.25, -0.2) is 8.78 Å². The van der Waals surface area contributed by atoms with Crippen LogP contribution in [0, 0.1) is 11.6 Å². The first-order chi connectivity index (χ1) is 9.58. The van der Waals surface area contributed by atoms with Crippen LogP contribution < -0.4 is 5.73 Å². The Hall–Kier alpha value is -2.21. The number of hydrogen-bond acceptors (Lipinski definition) is 3. The third kappa shape index (κ3) is 1.98. The number of benzene rings is 1. The van der Waals surface area contributed by atoms with E-state index in [2.05, 4.69) is 5.10 Å². The molecule has 0 unspecified atom stereocenters. The molecule has 0 fully saturated rings. The van der Waals surface area contributed by atoms with Gasteiger partial charge in [0.15, 0.2) is 0 Å². The third-order valence-corrected chi connectivity index (χ3v) is 3.92. The number of aromatic nitrogens is 2. The van der Waals surface area contributed by atoms with Crippen molar-refractivity contribution in [2.75, 3.05) is 5.73 Å². The zero-order valence-electron chi connectivity index (χ0n) is 10.6. The van der Waals surface area contributed by atoms with Crippen LogP contribution in [0.2, 0.25) is 0 Å². The van der Waals surface area contributed by atoms with Crippen LogP contribution in [0.3, 0.4) is 0 Å². The summed E-state index contributed by atoms with van der Waals surface area (Å²) in [6, 6.07) is 7.21. The molecule has 0 aliphatic rings. The molecule has 0 radical (unpaired) electrons. The van der Waals surface area contributed by atoms with E-state index in [0.29, 0.717) is 17.1 Å². The van der Waals surface area contributed by atoms with Crippen molar-refractivity contribution in [3.05, 3.63) is 47.3 Å². The molecular formula is C14H11F2N3S. The van der Waals surface area contributed by atoms with Crippen LogP contribution in [-0.4, -0.2) is 9.78 Å². The molecule has 6 heteroatoms. The number of nitrogens with zero attached hydrogens (tertiary/aromatic N) is 2. The predicted octanol–water partition coefficient (Wildman–Crippen LogP) is 3.68. The molecule has 1 aromatic carbocycles. The molecule has 2 heterocycles. The first-order valence-corrected chi connectivity index (χ1v) is 6.77. The van der Waals surface area contributed by atoms with Gasteiger partial charge >= 0.3 is 0 Å². The Kier molecular flexibility index (Phi) is 3.02. The summed E-state index contributed by atoms with van der Waals surface area (Å²) >= 11 is 1.49. The van der Waals surface area contributed by atoms with Crippen LogP contribution in [0.1, 0.15) is 0 Å². The fourth-order valence-corrected chi connectivity index (χ4v) is 2.80. The SMILES string of the molecule is Cn1nc(-c2cccs2)c(-c2ccc(F)cc2F)c1N. The highest BCUT2D eigenvalue weighted by atomic mass is 32.1. The van der Waals surface area contributed by atoms with Crippen molar-refractivity contribution >= 4 is 17.2 Å². The van der Waals surface area contributed by atoms with Crippen LogP contribution in [0.25, 0.3) is 21.7 Å². The van der Waals surface area contributed by atoms with Gasteiger partial charge < -0.3 is 5.73 Å². The van der Waals surface area contributed by atoms with Crippen molar-refractivity contribution in [1.29, 1.82) is 0 Å². The summed E-state index contributed by atoms with van der Waals surface area (Å²) in [5, 5.41) is 6.24. The Labute approximate surface area is 118 Å². The number of anilines is 1. The summed E-state index contributed by atoms with van der Waals surface area (Å²) in [7, 11) is 1.69.